The number of H-pyrrole nitrogens is 1. The van der Waals surface area contributed by atoms with Crippen LogP contribution in [0.1, 0.15) is 28.4 Å². The molecule has 0 unspecified atom stereocenters. The van der Waals surface area contributed by atoms with Crippen molar-refractivity contribution in [3.63, 3.8) is 0 Å². The first kappa shape index (κ1) is 17.4. The molecule has 1 aromatic heterocycles. The number of β-amino-alcohol motifs (C(OH)–C–C–N with tert-alkyl or cyclic N) is 1. The van der Waals surface area contributed by atoms with Crippen molar-refractivity contribution >= 4 is 16.7 Å². The van der Waals surface area contributed by atoms with E-state index in [1.807, 2.05) is 0 Å². The number of fused-ring (bicyclic) bond motifs is 1. The van der Waals surface area contributed by atoms with E-state index in [0.29, 0.717) is 23.7 Å². The molecule has 1 amide bonds. The van der Waals surface area contributed by atoms with Gasteiger partial charge in [-0.15, -0.1) is 0 Å². The number of hydrogen-bond acceptors (Lipinski definition) is 4. The first-order chi connectivity index (χ1) is 13.0. The number of rotatable bonds is 2. The van der Waals surface area contributed by atoms with Crippen molar-refractivity contribution < 1.29 is 14.3 Å². The molecule has 0 bridgehead atoms. The van der Waals surface area contributed by atoms with Crippen LogP contribution >= 0.6 is 0 Å². The highest BCUT2D eigenvalue weighted by molar-refractivity contribution is 6.04. The molecule has 2 heterocycles. The van der Waals surface area contributed by atoms with Crippen LogP contribution in [0, 0.1) is 5.82 Å². The van der Waals surface area contributed by atoms with Gasteiger partial charge in [-0.25, -0.2) is 9.49 Å². The fourth-order valence-electron chi connectivity index (χ4n) is 3.64. The van der Waals surface area contributed by atoms with Gasteiger partial charge in [0.1, 0.15) is 5.82 Å². The Labute approximate surface area is 154 Å². The van der Waals surface area contributed by atoms with Gasteiger partial charge in [0.05, 0.1) is 11.5 Å². The van der Waals surface area contributed by atoms with Crippen LogP contribution in [-0.4, -0.2) is 45.3 Å². The molecule has 1 fully saturated rings. The molecule has 1 saturated heterocycles. The number of aliphatic hydroxyl groups excluding tert-OH is 1. The van der Waals surface area contributed by atoms with Crippen molar-refractivity contribution in [2.75, 3.05) is 13.1 Å². The van der Waals surface area contributed by atoms with Crippen LogP contribution in [0.5, 0.6) is 0 Å². The lowest BCUT2D eigenvalue weighted by molar-refractivity contribution is 0.0378. The third-order valence-electron chi connectivity index (χ3n) is 5.07. The van der Waals surface area contributed by atoms with Crippen LogP contribution < -0.4 is 5.56 Å². The average Bonchev–Trinajstić information content (AvgIpc) is 2.69. The Kier molecular flexibility index (Phi) is 4.45. The highest BCUT2D eigenvalue weighted by Gasteiger charge is 2.32. The molecule has 1 aliphatic heterocycles. The molecule has 1 aliphatic rings. The predicted molar refractivity (Wildman–Crippen MR) is 98.0 cm³/mol. The summed E-state index contributed by atoms with van der Waals surface area (Å²) in [6, 6.07) is 12.9. The van der Waals surface area contributed by atoms with Crippen molar-refractivity contribution in [2.24, 2.45) is 0 Å². The fraction of sp³-hybridized carbons (Fsp3) is 0.250. The number of aromatic nitrogens is 2. The Morgan fingerprint density at radius 1 is 1.15 bits per heavy atom. The Bertz CT molecular complexity index is 1050. The zero-order chi connectivity index (χ0) is 19.0. The number of carbonyl (C=O) groups excluding carboxylic acids is 1. The van der Waals surface area contributed by atoms with E-state index in [2.05, 4.69) is 10.2 Å². The molecule has 7 heteroatoms. The van der Waals surface area contributed by atoms with E-state index in [-0.39, 0.29) is 35.4 Å². The lowest BCUT2D eigenvalue weighted by Crippen LogP contribution is -2.46. The second kappa shape index (κ2) is 6.92. The minimum absolute atomic E-state index is 0.149. The summed E-state index contributed by atoms with van der Waals surface area (Å²) in [5.74, 6) is -0.814. The maximum absolute atomic E-state index is 13.1. The number of aliphatic hydroxyl groups is 1. The summed E-state index contributed by atoms with van der Waals surface area (Å²) < 4.78 is 13.1. The number of carbonyl (C=O) groups is 1. The summed E-state index contributed by atoms with van der Waals surface area (Å²) in [5, 5.41) is 17.7. The smallest absolute Gasteiger partial charge is 0.275 e. The Morgan fingerprint density at radius 2 is 1.85 bits per heavy atom. The molecule has 0 radical (unpaired) electrons. The molecule has 2 atom stereocenters. The maximum Gasteiger partial charge on any atom is 0.275 e. The van der Waals surface area contributed by atoms with E-state index < -0.39 is 6.10 Å². The summed E-state index contributed by atoms with van der Waals surface area (Å²) in [6.45, 7) is 0.586. The number of benzene rings is 2. The molecule has 2 N–H and O–H groups in total. The van der Waals surface area contributed by atoms with Gasteiger partial charge in [-0.3, -0.25) is 9.59 Å². The molecule has 0 saturated carbocycles. The minimum Gasteiger partial charge on any atom is -0.391 e. The maximum atomic E-state index is 13.1. The minimum atomic E-state index is -0.762. The summed E-state index contributed by atoms with van der Waals surface area (Å²) >= 11 is 0. The Balaban J connectivity index is 1.57. The number of amides is 1. The van der Waals surface area contributed by atoms with Crippen LogP contribution in [0.2, 0.25) is 0 Å². The standard InChI is InChI=1S/C20H18FN3O3/c21-13-7-5-12(6-8-13)14-9-10-24(11-17(14)25)20(27)18-15-3-1-2-4-16(15)19(26)23-22-18/h1-8,14,17,25H,9-11H2,(H,23,26)/t14-,17+/m0/s1. The van der Waals surface area contributed by atoms with E-state index in [9.17, 15) is 19.1 Å². The number of nitrogens with zero attached hydrogens (tertiary/aromatic N) is 2. The first-order valence-corrected chi connectivity index (χ1v) is 8.75. The van der Waals surface area contributed by atoms with Gasteiger partial charge in [0, 0.05) is 24.4 Å². The zero-order valence-electron chi connectivity index (χ0n) is 14.4. The largest absolute Gasteiger partial charge is 0.391 e. The summed E-state index contributed by atoms with van der Waals surface area (Å²) in [6.07, 6.45) is -0.206. The fourth-order valence-corrected chi connectivity index (χ4v) is 3.64. The van der Waals surface area contributed by atoms with E-state index >= 15 is 0 Å². The third kappa shape index (κ3) is 3.21. The number of hydrogen-bond donors (Lipinski definition) is 2. The quantitative estimate of drug-likeness (QED) is 0.726. The van der Waals surface area contributed by atoms with Gasteiger partial charge >= 0.3 is 0 Å². The molecule has 27 heavy (non-hydrogen) atoms. The van der Waals surface area contributed by atoms with E-state index in [4.69, 9.17) is 0 Å². The first-order valence-electron chi connectivity index (χ1n) is 8.75. The SMILES string of the molecule is O=C(c1n[nH]c(=O)c2ccccc12)N1CC[C@@H](c2ccc(F)cc2)[C@H](O)C1. The van der Waals surface area contributed by atoms with Gasteiger partial charge in [0.15, 0.2) is 5.69 Å². The second-order valence-electron chi connectivity index (χ2n) is 6.71. The zero-order valence-corrected chi connectivity index (χ0v) is 14.4. The summed E-state index contributed by atoms with van der Waals surface area (Å²) in [5.41, 5.74) is 0.665. The lowest BCUT2D eigenvalue weighted by Gasteiger charge is -2.36. The van der Waals surface area contributed by atoms with Crippen molar-refractivity contribution in [2.45, 2.75) is 18.4 Å². The molecule has 6 nitrogen and oxygen atoms in total. The van der Waals surface area contributed by atoms with Crippen LogP contribution in [-0.2, 0) is 0 Å². The molecular weight excluding hydrogens is 349 g/mol. The Morgan fingerprint density at radius 3 is 2.56 bits per heavy atom. The van der Waals surface area contributed by atoms with Gasteiger partial charge in [-0.05, 0) is 30.2 Å². The molecular formula is C20H18FN3O3. The van der Waals surface area contributed by atoms with Crippen LogP contribution in [0.15, 0.2) is 53.3 Å². The van der Waals surface area contributed by atoms with Crippen molar-refractivity contribution in [1.29, 1.82) is 0 Å². The van der Waals surface area contributed by atoms with Gasteiger partial charge in [0.25, 0.3) is 11.5 Å². The van der Waals surface area contributed by atoms with Gasteiger partial charge in [0.2, 0.25) is 0 Å². The number of aromatic amines is 1. The summed E-state index contributed by atoms with van der Waals surface area (Å²) in [4.78, 5) is 26.4. The number of halogens is 1. The average molecular weight is 367 g/mol. The van der Waals surface area contributed by atoms with Crippen LogP contribution in [0.3, 0.4) is 0 Å². The number of likely N-dealkylation sites (tertiary alicyclic amines) is 1. The van der Waals surface area contributed by atoms with E-state index in [1.165, 1.54) is 17.0 Å². The van der Waals surface area contributed by atoms with E-state index in [1.54, 1.807) is 36.4 Å². The molecule has 0 spiro atoms. The molecule has 2 aromatic carbocycles. The monoisotopic (exact) mass is 367 g/mol. The van der Waals surface area contributed by atoms with E-state index in [0.717, 1.165) is 5.56 Å². The molecule has 4 rings (SSSR count). The molecule has 0 aliphatic carbocycles. The Hall–Kier alpha value is -3.06. The van der Waals surface area contributed by atoms with Crippen molar-refractivity contribution in [3.8, 4) is 0 Å². The van der Waals surface area contributed by atoms with Gasteiger partial charge < -0.3 is 10.0 Å². The van der Waals surface area contributed by atoms with Crippen molar-refractivity contribution in [1.82, 2.24) is 15.1 Å². The van der Waals surface area contributed by atoms with Crippen LogP contribution in [0.4, 0.5) is 4.39 Å². The normalized spacial score (nSPS) is 20.0. The van der Waals surface area contributed by atoms with Gasteiger partial charge in [-0.1, -0.05) is 30.3 Å². The third-order valence-corrected chi connectivity index (χ3v) is 5.07. The van der Waals surface area contributed by atoms with Gasteiger partial charge in [-0.2, -0.15) is 5.10 Å². The second-order valence-corrected chi connectivity index (χ2v) is 6.71. The number of piperidine rings is 1. The highest BCUT2D eigenvalue weighted by Crippen LogP contribution is 2.29. The van der Waals surface area contributed by atoms with Crippen molar-refractivity contribution in [3.05, 3.63) is 76.0 Å². The molecule has 3 aromatic rings. The lowest BCUT2D eigenvalue weighted by atomic mass is 9.87. The number of nitrogens with one attached hydrogen (secondary N) is 1. The summed E-state index contributed by atoms with van der Waals surface area (Å²) in [7, 11) is 0. The predicted octanol–water partition coefficient (Wildman–Crippen LogP) is 2.05. The topological polar surface area (TPSA) is 86.3 Å². The van der Waals surface area contributed by atoms with Crippen LogP contribution in [0.25, 0.3) is 10.8 Å². The molecule has 138 valence electrons. The highest BCUT2D eigenvalue weighted by atomic mass is 19.1.